The van der Waals surface area contributed by atoms with Gasteiger partial charge in [-0.2, -0.15) is 0 Å². The molecular formula is C12H20N4O2. The Morgan fingerprint density at radius 1 is 1.39 bits per heavy atom. The van der Waals surface area contributed by atoms with Gasteiger partial charge in [-0.3, -0.25) is 0 Å². The molecule has 1 aliphatic heterocycles. The topological polar surface area (TPSA) is 74.4 Å². The first-order valence-corrected chi connectivity index (χ1v) is 6.71. The molecule has 2 atom stereocenters. The highest BCUT2D eigenvalue weighted by Gasteiger charge is 2.33. The summed E-state index contributed by atoms with van der Waals surface area (Å²) in [7, 11) is 0. The quantitative estimate of drug-likeness (QED) is 0.796. The van der Waals surface area contributed by atoms with Gasteiger partial charge < -0.3 is 19.7 Å². The zero-order valence-electron chi connectivity index (χ0n) is 10.7. The first-order valence-electron chi connectivity index (χ1n) is 6.71. The molecule has 2 N–H and O–H groups in total. The van der Waals surface area contributed by atoms with Crippen molar-refractivity contribution in [3.63, 3.8) is 0 Å². The third-order valence-corrected chi connectivity index (χ3v) is 3.89. The van der Waals surface area contributed by atoms with E-state index >= 15 is 0 Å². The van der Waals surface area contributed by atoms with E-state index in [1.54, 1.807) is 0 Å². The maximum absolute atomic E-state index is 9.42. The van der Waals surface area contributed by atoms with Crippen molar-refractivity contribution in [2.75, 3.05) is 18.1 Å². The molecule has 1 aliphatic carbocycles. The van der Waals surface area contributed by atoms with Crippen molar-refractivity contribution in [1.82, 2.24) is 15.5 Å². The number of hydrogen-bond acceptors (Lipinski definition) is 6. The highest BCUT2D eigenvalue weighted by Crippen LogP contribution is 2.28. The predicted octanol–water partition coefficient (Wildman–Crippen LogP) is 0.529. The predicted molar refractivity (Wildman–Crippen MR) is 66.2 cm³/mol. The molecule has 2 aliphatic rings. The molecule has 0 aromatic carbocycles. The summed E-state index contributed by atoms with van der Waals surface area (Å²) in [5.41, 5.74) is 0. The Morgan fingerprint density at radius 3 is 2.94 bits per heavy atom. The summed E-state index contributed by atoms with van der Waals surface area (Å²) < 4.78 is 5.66. The third-order valence-electron chi connectivity index (χ3n) is 3.89. The van der Waals surface area contributed by atoms with Gasteiger partial charge in [0.25, 0.3) is 0 Å². The van der Waals surface area contributed by atoms with Gasteiger partial charge in [-0.25, -0.2) is 0 Å². The second kappa shape index (κ2) is 4.85. The molecule has 3 rings (SSSR count). The Hall–Kier alpha value is -1.14. The summed E-state index contributed by atoms with van der Waals surface area (Å²) >= 11 is 0. The van der Waals surface area contributed by atoms with Crippen LogP contribution in [0.4, 0.5) is 6.01 Å². The molecule has 2 unspecified atom stereocenters. The highest BCUT2D eigenvalue weighted by atomic mass is 16.4. The molecule has 18 heavy (non-hydrogen) atoms. The fraction of sp³-hybridized carbons (Fsp3) is 0.833. The van der Waals surface area contributed by atoms with Gasteiger partial charge in [-0.1, -0.05) is 12.0 Å². The zero-order valence-corrected chi connectivity index (χ0v) is 10.7. The monoisotopic (exact) mass is 252 g/mol. The second-order valence-corrected chi connectivity index (χ2v) is 5.34. The van der Waals surface area contributed by atoms with Crippen LogP contribution >= 0.6 is 0 Å². The van der Waals surface area contributed by atoms with Gasteiger partial charge in [0, 0.05) is 12.6 Å². The summed E-state index contributed by atoms with van der Waals surface area (Å²) in [6, 6.07) is 1.29. The van der Waals surface area contributed by atoms with E-state index in [4.69, 9.17) is 4.42 Å². The summed E-state index contributed by atoms with van der Waals surface area (Å²) in [4.78, 5) is 2.03. The Morgan fingerprint density at radius 2 is 2.22 bits per heavy atom. The third kappa shape index (κ3) is 2.35. The molecule has 0 amide bonds. The molecule has 0 spiro atoms. The molecule has 100 valence electrons. The van der Waals surface area contributed by atoms with Crippen LogP contribution < -0.4 is 10.2 Å². The van der Waals surface area contributed by atoms with Crippen molar-refractivity contribution in [2.24, 2.45) is 5.92 Å². The maximum Gasteiger partial charge on any atom is 0.318 e. The minimum absolute atomic E-state index is 0.106. The van der Waals surface area contributed by atoms with E-state index in [0.717, 1.165) is 13.0 Å². The largest absolute Gasteiger partial charge is 0.407 e. The van der Waals surface area contributed by atoms with Crippen LogP contribution in [0.3, 0.4) is 0 Å². The van der Waals surface area contributed by atoms with Crippen LogP contribution in [0.15, 0.2) is 4.42 Å². The SMILES string of the molecule is CC1CCN(c2nnc(CNC3CC3)o2)C1CO. The normalized spacial score (nSPS) is 28.0. The summed E-state index contributed by atoms with van der Waals surface area (Å²) in [5.74, 6) is 1.10. The van der Waals surface area contributed by atoms with Crippen LogP contribution in [0.1, 0.15) is 32.1 Å². The van der Waals surface area contributed by atoms with Crippen molar-refractivity contribution in [2.45, 2.75) is 44.8 Å². The lowest BCUT2D eigenvalue weighted by molar-refractivity contribution is 0.241. The number of anilines is 1. The van der Waals surface area contributed by atoms with Crippen LogP contribution in [0.25, 0.3) is 0 Å². The molecule has 1 aromatic heterocycles. The fourth-order valence-electron chi connectivity index (χ4n) is 2.48. The summed E-state index contributed by atoms with van der Waals surface area (Å²) in [6.45, 7) is 3.81. The minimum atomic E-state index is 0.106. The molecule has 6 heteroatoms. The minimum Gasteiger partial charge on any atom is -0.407 e. The average Bonchev–Trinajstić information content (AvgIpc) is 2.95. The van der Waals surface area contributed by atoms with Crippen molar-refractivity contribution in [3.05, 3.63) is 5.89 Å². The van der Waals surface area contributed by atoms with Gasteiger partial charge in [-0.05, 0) is 25.2 Å². The fourth-order valence-corrected chi connectivity index (χ4v) is 2.48. The van der Waals surface area contributed by atoms with Crippen molar-refractivity contribution in [3.8, 4) is 0 Å². The second-order valence-electron chi connectivity index (χ2n) is 5.34. The van der Waals surface area contributed by atoms with E-state index in [9.17, 15) is 5.11 Å². The molecule has 1 saturated heterocycles. The van der Waals surface area contributed by atoms with Gasteiger partial charge in [0.15, 0.2) is 0 Å². The van der Waals surface area contributed by atoms with Gasteiger partial charge in [-0.15, -0.1) is 5.10 Å². The number of nitrogens with zero attached hydrogens (tertiary/aromatic N) is 3. The molecular weight excluding hydrogens is 232 g/mol. The van der Waals surface area contributed by atoms with Crippen molar-refractivity contribution in [1.29, 1.82) is 0 Å². The molecule has 0 bridgehead atoms. The molecule has 0 radical (unpaired) electrons. The van der Waals surface area contributed by atoms with E-state index in [2.05, 4.69) is 22.4 Å². The molecule has 2 heterocycles. The van der Waals surface area contributed by atoms with E-state index in [1.165, 1.54) is 12.8 Å². The maximum atomic E-state index is 9.42. The van der Waals surface area contributed by atoms with E-state index in [-0.39, 0.29) is 12.6 Å². The Kier molecular flexibility index (Phi) is 3.22. The smallest absolute Gasteiger partial charge is 0.318 e. The van der Waals surface area contributed by atoms with Crippen LogP contribution in [0.2, 0.25) is 0 Å². The van der Waals surface area contributed by atoms with Crippen LogP contribution in [0.5, 0.6) is 0 Å². The number of rotatable bonds is 5. The van der Waals surface area contributed by atoms with Crippen LogP contribution in [0, 0.1) is 5.92 Å². The van der Waals surface area contributed by atoms with Crippen LogP contribution in [-0.4, -0.2) is 40.5 Å². The van der Waals surface area contributed by atoms with E-state index in [1.807, 2.05) is 4.90 Å². The Balaban J connectivity index is 1.64. The van der Waals surface area contributed by atoms with E-state index in [0.29, 0.717) is 30.4 Å². The van der Waals surface area contributed by atoms with Crippen molar-refractivity contribution < 1.29 is 9.52 Å². The Bertz CT molecular complexity index is 405. The van der Waals surface area contributed by atoms with Crippen molar-refractivity contribution >= 4 is 6.01 Å². The van der Waals surface area contributed by atoms with Gasteiger partial charge in [0.05, 0.1) is 19.2 Å². The molecule has 1 saturated carbocycles. The Labute approximate surface area is 106 Å². The number of nitrogens with one attached hydrogen (secondary N) is 1. The van der Waals surface area contributed by atoms with Gasteiger partial charge >= 0.3 is 6.01 Å². The lowest BCUT2D eigenvalue weighted by Gasteiger charge is -2.22. The number of hydrogen-bond donors (Lipinski definition) is 2. The first kappa shape index (κ1) is 11.9. The molecule has 6 nitrogen and oxygen atoms in total. The summed E-state index contributed by atoms with van der Waals surface area (Å²) in [5, 5.41) is 20.9. The number of aromatic nitrogens is 2. The number of aliphatic hydroxyl groups excluding tert-OH is 1. The molecule has 2 fully saturated rings. The van der Waals surface area contributed by atoms with Gasteiger partial charge in [0.2, 0.25) is 5.89 Å². The lowest BCUT2D eigenvalue weighted by Crippen LogP contribution is -2.35. The standard InChI is InChI=1S/C12H20N4O2/c1-8-4-5-16(10(8)7-17)12-15-14-11(18-12)6-13-9-2-3-9/h8-10,13,17H,2-7H2,1H3. The summed E-state index contributed by atoms with van der Waals surface area (Å²) in [6.07, 6.45) is 3.55. The van der Waals surface area contributed by atoms with Crippen LogP contribution in [-0.2, 0) is 6.54 Å². The first-order chi connectivity index (χ1) is 8.78. The zero-order chi connectivity index (χ0) is 12.5. The van der Waals surface area contributed by atoms with Gasteiger partial charge in [0.1, 0.15) is 0 Å². The molecule has 1 aromatic rings. The van der Waals surface area contributed by atoms with E-state index < -0.39 is 0 Å². The number of aliphatic hydroxyl groups is 1. The average molecular weight is 252 g/mol. The lowest BCUT2D eigenvalue weighted by atomic mass is 10.0. The highest BCUT2D eigenvalue weighted by molar-refractivity contribution is 5.29.